The Labute approximate surface area is 93.5 Å². The summed E-state index contributed by atoms with van der Waals surface area (Å²) >= 11 is 0. The summed E-state index contributed by atoms with van der Waals surface area (Å²) in [6.07, 6.45) is 1.37. The van der Waals surface area contributed by atoms with Gasteiger partial charge in [0.1, 0.15) is 0 Å². The van der Waals surface area contributed by atoms with Gasteiger partial charge < -0.3 is 4.74 Å². The van der Waals surface area contributed by atoms with E-state index in [0.717, 1.165) is 18.9 Å². The first-order valence-corrected chi connectivity index (χ1v) is 5.84. The quantitative estimate of drug-likeness (QED) is 0.708. The highest BCUT2D eigenvalue weighted by atomic mass is 16.5. The van der Waals surface area contributed by atoms with Crippen LogP contribution in [0.25, 0.3) is 0 Å². The molecule has 0 radical (unpaired) electrons. The predicted octanol–water partition coefficient (Wildman–Crippen LogP) is 3.98. The average Bonchev–Trinajstić information content (AvgIpc) is 2.18. The number of benzene rings is 1. The third-order valence-electron chi connectivity index (χ3n) is 2.51. The molecule has 0 aliphatic rings. The maximum Gasteiger partial charge on any atom is 0.0796 e. The molecule has 0 amide bonds. The standard InChI is InChI=1S/C14H22O/c1-5-15-12(4)14-8-6-13(7-9-14)10-11(2)3/h6-9,11-12H,5,10H2,1-4H3. The number of hydrogen-bond acceptors (Lipinski definition) is 1. The van der Waals surface area contributed by atoms with Crippen molar-refractivity contribution in [1.82, 2.24) is 0 Å². The topological polar surface area (TPSA) is 9.23 Å². The van der Waals surface area contributed by atoms with Crippen LogP contribution in [0, 0.1) is 5.92 Å². The van der Waals surface area contributed by atoms with Crippen molar-refractivity contribution in [3.63, 3.8) is 0 Å². The predicted molar refractivity (Wildman–Crippen MR) is 65.0 cm³/mol. The highest BCUT2D eigenvalue weighted by Crippen LogP contribution is 2.18. The molecule has 0 aliphatic carbocycles. The molecule has 0 aliphatic heterocycles. The number of hydrogen-bond donors (Lipinski definition) is 0. The van der Waals surface area contributed by atoms with Gasteiger partial charge in [0, 0.05) is 6.61 Å². The second-order valence-electron chi connectivity index (χ2n) is 4.44. The van der Waals surface area contributed by atoms with Gasteiger partial charge in [-0.2, -0.15) is 0 Å². The zero-order valence-corrected chi connectivity index (χ0v) is 10.3. The van der Waals surface area contributed by atoms with Crippen molar-refractivity contribution < 1.29 is 4.74 Å². The van der Waals surface area contributed by atoms with Crippen molar-refractivity contribution in [1.29, 1.82) is 0 Å². The van der Waals surface area contributed by atoms with Crippen LogP contribution in [0.1, 0.15) is 44.9 Å². The third kappa shape index (κ3) is 4.05. The van der Waals surface area contributed by atoms with Gasteiger partial charge in [0.25, 0.3) is 0 Å². The summed E-state index contributed by atoms with van der Waals surface area (Å²) in [5.74, 6) is 0.722. The molecule has 1 atom stereocenters. The summed E-state index contributed by atoms with van der Waals surface area (Å²) in [6, 6.07) is 8.78. The minimum absolute atomic E-state index is 0.211. The highest BCUT2D eigenvalue weighted by Gasteiger charge is 2.04. The van der Waals surface area contributed by atoms with Gasteiger partial charge in [-0.3, -0.25) is 0 Å². The maximum absolute atomic E-state index is 5.55. The number of ether oxygens (including phenoxy) is 1. The van der Waals surface area contributed by atoms with Crippen LogP contribution in [0.15, 0.2) is 24.3 Å². The van der Waals surface area contributed by atoms with Crippen LogP contribution in [0.2, 0.25) is 0 Å². The summed E-state index contributed by atoms with van der Waals surface area (Å²) in [6.45, 7) is 9.40. The molecular formula is C14H22O. The normalized spacial score (nSPS) is 13.1. The van der Waals surface area contributed by atoms with E-state index in [-0.39, 0.29) is 6.10 Å². The smallest absolute Gasteiger partial charge is 0.0796 e. The molecule has 0 saturated heterocycles. The summed E-state index contributed by atoms with van der Waals surface area (Å²) in [5.41, 5.74) is 2.68. The fraction of sp³-hybridized carbons (Fsp3) is 0.571. The lowest BCUT2D eigenvalue weighted by molar-refractivity contribution is 0.0764. The zero-order chi connectivity index (χ0) is 11.3. The molecule has 84 valence electrons. The number of rotatable bonds is 5. The molecule has 1 aromatic carbocycles. The molecule has 0 N–H and O–H groups in total. The van der Waals surface area contributed by atoms with Gasteiger partial charge >= 0.3 is 0 Å². The van der Waals surface area contributed by atoms with Crippen LogP contribution in [-0.4, -0.2) is 6.61 Å². The maximum atomic E-state index is 5.55. The second-order valence-corrected chi connectivity index (χ2v) is 4.44. The van der Waals surface area contributed by atoms with Gasteiger partial charge in [-0.05, 0) is 37.3 Å². The van der Waals surface area contributed by atoms with Crippen molar-refractivity contribution in [2.24, 2.45) is 5.92 Å². The van der Waals surface area contributed by atoms with E-state index in [4.69, 9.17) is 4.74 Å². The average molecular weight is 206 g/mol. The van der Waals surface area contributed by atoms with Crippen molar-refractivity contribution in [3.8, 4) is 0 Å². The minimum Gasteiger partial charge on any atom is -0.374 e. The molecule has 1 rings (SSSR count). The summed E-state index contributed by atoms with van der Waals surface area (Å²) in [5, 5.41) is 0. The van der Waals surface area contributed by atoms with E-state index in [1.807, 2.05) is 6.92 Å². The third-order valence-corrected chi connectivity index (χ3v) is 2.51. The van der Waals surface area contributed by atoms with Crippen molar-refractivity contribution in [2.75, 3.05) is 6.61 Å². The minimum atomic E-state index is 0.211. The fourth-order valence-electron chi connectivity index (χ4n) is 1.74. The van der Waals surface area contributed by atoms with E-state index in [2.05, 4.69) is 45.0 Å². The van der Waals surface area contributed by atoms with Crippen LogP contribution >= 0.6 is 0 Å². The second kappa shape index (κ2) is 5.92. The van der Waals surface area contributed by atoms with Crippen molar-refractivity contribution in [3.05, 3.63) is 35.4 Å². The lowest BCUT2D eigenvalue weighted by Gasteiger charge is -2.12. The Morgan fingerprint density at radius 3 is 2.13 bits per heavy atom. The Morgan fingerprint density at radius 1 is 1.07 bits per heavy atom. The lowest BCUT2D eigenvalue weighted by atomic mass is 10.0. The van der Waals surface area contributed by atoms with Crippen LogP contribution in [0.5, 0.6) is 0 Å². The van der Waals surface area contributed by atoms with E-state index in [9.17, 15) is 0 Å². The molecular weight excluding hydrogens is 184 g/mol. The van der Waals surface area contributed by atoms with Crippen LogP contribution in [0.3, 0.4) is 0 Å². The molecule has 15 heavy (non-hydrogen) atoms. The first-order valence-electron chi connectivity index (χ1n) is 5.84. The van der Waals surface area contributed by atoms with E-state index in [1.165, 1.54) is 11.1 Å². The van der Waals surface area contributed by atoms with Crippen LogP contribution in [0.4, 0.5) is 0 Å². The molecule has 0 aromatic heterocycles. The van der Waals surface area contributed by atoms with E-state index in [1.54, 1.807) is 0 Å². The Morgan fingerprint density at radius 2 is 1.67 bits per heavy atom. The molecule has 1 nitrogen and oxygen atoms in total. The van der Waals surface area contributed by atoms with Gasteiger partial charge in [-0.25, -0.2) is 0 Å². The van der Waals surface area contributed by atoms with Crippen molar-refractivity contribution >= 4 is 0 Å². The largest absolute Gasteiger partial charge is 0.374 e. The summed E-state index contributed by atoms with van der Waals surface area (Å²) in [7, 11) is 0. The molecule has 0 saturated carbocycles. The van der Waals surface area contributed by atoms with Gasteiger partial charge in [0.2, 0.25) is 0 Å². The van der Waals surface area contributed by atoms with E-state index in [0.29, 0.717) is 0 Å². The highest BCUT2D eigenvalue weighted by molar-refractivity contribution is 5.24. The van der Waals surface area contributed by atoms with Crippen LogP contribution in [-0.2, 0) is 11.2 Å². The molecule has 0 spiro atoms. The summed E-state index contributed by atoms with van der Waals surface area (Å²) < 4.78 is 5.55. The lowest BCUT2D eigenvalue weighted by Crippen LogP contribution is -2.00. The van der Waals surface area contributed by atoms with E-state index < -0.39 is 0 Å². The van der Waals surface area contributed by atoms with Gasteiger partial charge in [0.05, 0.1) is 6.10 Å². The molecule has 0 fully saturated rings. The first kappa shape index (κ1) is 12.3. The monoisotopic (exact) mass is 206 g/mol. The first-order chi connectivity index (χ1) is 7.13. The van der Waals surface area contributed by atoms with Gasteiger partial charge in [-0.1, -0.05) is 38.1 Å². The molecule has 1 unspecified atom stereocenters. The molecule has 0 heterocycles. The molecule has 1 heteroatoms. The van der Waals surface area contributed by atoms with Gasteiger partial charge in [-0.15, -0.1) is 0 Å². The van der Waals surface area contributed by atoms with Crippen LogP contribution < -0.4 is 0 Å². The Bertz CT molecular complexity index is 274. The Balaban J connectivity index is 2.63. The molecule has 1 aromatic rings. The fourth-order valence-corrected chi connectivity index (χ4v) is 1.74. The Hall–Kier alpha value is -0.820. The molecule has 0 bridgehead atoms. The van der Waals surface area contributed by atoms with Crippen molar-refractivity contribution in [2.45, 2.75) is 40.2 Å². The van der Waals surface area contributed by atoms with E-state index >= 15 is 0 Å². The SMILES string of the molecule is CCOC(C)c1ccc(CC(C)C)cc1. The summed E-state index contributed by atoms with van der Waals surface area (Å²) in [4.78, 5) is 0. The van der Waals surface area contributed by atoms with Gasteiger partial charge in [0.15, 0.2) is 0 Å². The zero-order valence-electron chi connectivity index (χ0n) is 10.3. The Kier molecular flexibility index (Phi) is 4.83.